The summed E-state index contributed by atoms with van der Waals surface area (Å²) < 4.78 is 29.3. The Morgan fingerprint density at radius 2 is 1.66 bits per heavy atom. The minimum Gasteiger partial charge on any atom is -0.349 e. The fourth-order valence-electron chi connectivity index (χ4n) is 5.84. The van der Waals surface area contributed by atoms with Crippen LogP contribution in [-0.4, -0.2) is 30.3 Å². The number of hydrogen-bond acceptors (Lipinski definition) is 4. The highest BCUT2D eigenvalue weighted by Crippen LogP contribution is 2.32. The minimum atomic E-state index is -3.70. The first kappa shape index (κ1) is 24.8. The van der Waals surface area contributed by atoms with E-state index in [1.807, 2.05) is 36.4 Å². The molecule has 1 aromatic heterocycles. The molecule has 3 N–H and O–H groups in total. The second-order valence-electron chi connectivity index (χ2n) is 10.5. The Morgan fingerprint density at radius 3 is 2.47 bits per heavy atom. The molecule has 0 radical (unpaired) electrons. The van der Waals surface area contributed by atoms with Gasteiger partial charge in [0, 0.05) is 17.5 Å². The number of rotatable bonds is 6. The zero-order valence-electron chi connectivity index (χ0n) is 21.2. The fourth-order valence-corrected chi connectivity index (χ4v) is 7.17. The van der Waals surface area contributed by atoms with Gasteiger partial charge in [-0.2, -0.15) is 0 Å². The molecule has 196 valence electrons. The van der Waals surface area contributed by atoms with Crippen molar-refractivity contribution in [3.8, 4) is 11.4 Å². The van der Waals surface area contributed by atoms with Crippen LogP contribution in [0.25, 0.3) is 22.4 Å². The Balaban J connectivity index is 1.07. The van der Waals surface area contributed by atoms with Crippen molar-refractivity contribution in [2.24, 2.45) is 5.92 Å². The molecule has 1 saturated carbocycles. The van der Waals surface area contributed by atoms with Gasteiger partial charge >= 0.3 is 0 Å². The molecule has 4 aromatic rings. The molecule has 38 heavy (non-hydrogen) atoms. The van der Waals surface area contributed by atoms with E-state index in [-0.39, 0.29) is 28.8 Å². The SMILES string of the molecule is O=C(NC1CCCc2ccccc21)C1CCC(NS(=O)(=O)c2ccc3nc(-c4ccccc4)[nH]c3c2)CC1. The minimum absolute atomic E-state index is 0.0727. The summed E-state index contributed by atoms with van der Waals surface area (Å²) in [4.78, 5) is 21.1. The molecule has 1 atom stereocenters. The van der Waals surface area contributed by atoms with E-state index in [0.29, 0.717) is 37.0 Å². The number of fused-ring (bicyclic) bond motifs is 2. The number of carbonyl (C=O) groups is 1. The average Bonchev–Trinajstić information content (AvgIpc) is 3.38. The summed E-state index contributed by atoms with van der Waals surface area (Å²) in [6.07, 6.45) is 5.74. The molecule has 1 fully saturated rings. The molecular formula is C30H32N4O3S. The van der Waals surface area contributed by atoms with Gasteiger partial charge in [-0.25, -0.2) is 18.1 Å². The van der Waals surface area contributed by atoms with Crippen molar-refractivity contribution in [2.75, 3.05) is 0 Å². The van der Waals surface area contributed by atoms with Crippen LogP contribution in [0, 0.1) is 5.92 Å². The maximum Gasteiger partial charge on any atom is 0.240 e. The summed E-state index contributed by atoms with van der Waals surface area (Å²) in [5.41, 5.74) is 4.90. The molecular weight excluding hydrogens is 496 g/mol. The van der Waals surface area contributed by atoms with E-state index in [0.717, 1.165) is 30.3 Å². The van der Waals surface area contributed by atoms with Crippen LogP contribution in [0.4, 0.5) is 0 Å². The van der Waals surface area contributed by atoms with Crippen LogP contribution in [0.15, 0.2) is 77.7 Å². The number of sulfonamides is 1. The fraction of sp³-hybridized carbons (Fsp3) is 0.333. The summed E-state index contributed by atoms with van der Waals surface area (Å²) in [6, 6.07) is 23.0. The molecule has 1 unspecified atom stereocenters. The summed E-state index contributed by atoms with van der Waals surface area (Å²) in [5, 5.41) is 3.28. The first-order chi connectivity index (χ1) is 18.5. The smallest absolute Gasteiger partial charge is 0.240 e. The van der Waals surface area contributed by atoms with Gasteiger partial charge in [-0.3, -0.25) is 4.79 Å². The van der Waals surface area contributed by atoms with Crippen molar-refractivity contribution in [3.63, 3.8) is 0 Å². The largest absolute Gasteiger partial charge is 0.349 e. The van der Waals surface area contributed by atoms with E-state index in [4.69, 9.17) is 0 Å². The van der Waals surface area contributed by atoms with Gasteiger partial charge in [0.05, 0.1) is 22.0 Å². The van der Waals surface area contributed by atoms with Crippen LogP contribution >= 0.6 is 0 Å². The van der Waals surface area contributed by atoms with Crippen molar-refractivity contribution in [1.82, 2.24) is 20.0 Å². The van der Waals surface area contributed by atoms with Gasteiger partial charge in [0.25, 0.3) is 0 Å². The molecule has 7 nitrogen and oxygen atoms in total. The van der Waals surface area contributed by atoms with Crippen molar-refractivity contribution >= 4 is 27.0 Å². The maximum absolute atomic E-state index is 13.2. The normalized spacial score (nSPS) is 21.6. The second-order valence-corrected chi connectivity index (χ2v) is 12.2. The third kappa shape index (κ3) is 5.11. The number of aromatic nitrogens is 2. The lowest BCUT2D eigenvalue weighted by Gasteiger charge is -2.31. The molecule has 3 aromatic carbocycles. The van der Waals surface area contributed by atoms with E-state index in [9.17, 15) is 13.2 Å². The van der Waals surface area contributed by atoms with Crippen molar-refractivity contribution in [1.29, 1.82) is 0 Å². The van der Waals surface area contributed by atoms with E-state index in [2.05, 4.69) is 38.2 Å². The van der Waals surface area contributed by atoms with Crippen LogP contribution in [-0.2, 0) is 21.2 Å². The number of aryl methyl sites for hydroxylation is 1. The van der Waals surface area contributed by atoms with Gasteiger partial charge in [-0.15, -0.1) is 0 Å². The molecule has 0 spiro atoms. The highest BCUT2D eigenvalue weighted by atomic mass is 32.2. The lowest BCUT2D eigenvalue weighted by Crippen LogP contribution is -2.41. The third-order valence-corrected chi connectivity index (χ3v) is 9.43. The number of nitrogens with one attached hydrogen (secondary N) is 3. The molecule has 0 bridgehead atoms. The van der Waals surface area contributed by atoms with Gasteiger partial charge in [0.2, 0.25) is 15.9 Å². The van der Waals surface area contributed by atoms with Crippen molar-refractivity contribution in [3.05, 3.63) is 83.9 Å². The molecule has 6 rings (SSSR count). The van der Waals surface area contributed by atoms with Crippen LogP contribution in [0.5, 0.6) is 0 Å². The maximum atomic E-state index is 13.2. The van der Waals surface area contributed by atoms with Gasteiger partial charge in [-0.1, -0.05) is 54.6 Å². The molecule has 0 aliphatic heterocycles. The van der Waals surface area contributed by atoms with E-state index >= 15 is 0 Å². The monoisotopic (exact) mass is 528 g/mol. The Hall–Kier alpha value is -3.49. The summed E-state index contributed by atoms with van der Waals surface area (Å²) in [5.74, 6) is 0.714. The number of aromatic amines is 1. The number of imidazole rings is 1. The quantitative estimate of drug-likeness (QED) is 0.318. The van der Waals surface area contributed by atoms with Gasteiger partial charge in [0.15, 0.2) is 0 Å². The van der Waals surface area contributed by atoms with Crippen molar-refractivity contribution in [2.45, 2.75) is 61.9 Å². The highest BCUT2D eigenvalue weighted by Gasteiger charge is 2.31. The number of amides is 1. The predicted octanol–water partition coefficient (Wildman–Crippen LogP) is 5.26. The highest BCUT2D eigenvalue weighted by molar-refractivity contribution is 7.89. The number of hydrogen-bond donors (Lipinski definition) is 3. The zero-order chi connectivity index (χ0) is 26.1. The number of nitrogens with zero attached hydrogens (tertiary/aromatic N) is 1. The first-order valence-electron chi connectivity index (χ1n) is 13.4. The summed E-state index contributed by atoms with van der Waals surface area (Å²) in [7, 11) is -3.70. The first-order valence-corrected chi connectivity index (χ1v) is 14.9. The van der Waals surface area contributed by atoms with Gasteiger partial charge in [-0.05, 0) is 74.3 Å². The second kappa shape index (κ2) is 10.3. The standard InChI is InChI=1S/C30H32N4O3S/c35-30(33-26-12-6-10-20-7-4-5-11-25(20)26)22-13-15-23(16-14-22)34-38(36,37)24-17-18-27-28(19-24)32-29(31-27)21-8-2-1-3-9-21/h1-5,7-9,11,17-19,22-23,26,34H,6,10,12-16H2,(H,31,32)(H,33,35). The third-order valence-electron chi connectivity index (χ3n) is 7.92. The van der Waals surface area contributed by atoms with Gasteiger partial charge < -0.3 is 10.3 Å². The average molecular weight is 529 g/mol. The Bertz CT molecular complexity index is 1560. The number of benzene rings is 3. The molecule has 8 heteroatoms. The lowest BCUT2D eigenvalue weighted by molar-refractivity contribution is -0.126. The molecule has 1 amide bonds. The van der Waals surface area contributed by atoms with Crippen LogP contribution < -0.4 is 10.0 Å². The van der Waals surface area contributed by atoms with E-state index < -0.39 is 10.0 Å². The van der Waals surface area contributed by atoms with E-state index in [1.165, 1.54) is 11.1 Å². The van der Waals surface area contributed by atoms with Gasteiger partial charge in [0.1, 0.15) is 5.82 Å². The molecule has 0 saturated heterocycles. The van der Waals surface area contributed by atoms with Crippen molar-refractivity contribution < 1.29 is 13.2 Å². The number of H-pyrrole nitrogens is 1. The predicted molar refractivity (Wildman–Crippen MR) is 148 cm³/mol. The molecule has 2 aliphatic carbocycles. The Labute approximate surface area is 223 Å². The van der Waals surface area contributed by atoms with Crippen LogP contribution in [0.2, 0.25) is 0 Å². The van der Waals surface area contributed by atoms with E-state index in [1.54, 1.807) is 18.2 Å². The Morgan fingerprint density at radius 1 is 0.895 bits per heavy atom. The molecule has 2 aliphatic rings. The Kier molecular flexibility index (Phi) is 6.76. The molecule has 1 heterocycles. The zero-order valence-corrected chi connectivity index (χ0v) is 22.0. The summed E-state index contributed by atoms with van der Waals surface area (Å²) >= 11 is 0. The van der Waals surface area contributed by atoms with Crippen LogP contribution in [0.1, 0.15) is 55.7 Å². The van der Waals surface area contributed by atoms with Crippen LogP contribution in [0.3, 0.4) is 0 Å². The lowest BCUT2D eigenvalue weighted by atomic mass is 9.84. The number of carbonyl (C=O) groups excluding carboxylic acids is 1. The summed E-state index contributed by atoms with van der Waals surface area (Å²) in [6.45, 7) is 0. The topological polar surface area (TPSA) is 104 Å².